The van der Waals surface area contributed by atoms with Gasteiger partial charge in [0.1, 0.15) is 5.58 Å². The Bertz CT molecular complexity index is 1040. The predicted octanol–water partition coefficient (Wildman–Crippen LogP) is 1.91. The van der Waals surface area contributed by atoms with E-state index >= 15 is 0 Å². The number of ether oxygens (including phenoxy) is 2. The van der Waals surface area contributed by atoms with E-state index in [1.54, 1.807) is 17.0 Å². The maximum atomic E-state index is 12.7. The molecule has 2 aromatic rings. The number of amides is 1. The molecule has 2 fully saturated rings. The van der Waals surface area contributed by atoms with Crippen LogP contribution in [0, 0.1) is 0 Å². The van der Waals surface area contributed by atoms with Gasteiger partial charge in [-0.3, -0.25) is 4.79 Å². The molecule has 1 atom stereocenters. The smallest absolute Gasteiger partial charge is 0.375 e. The molecule has 1 aliphatic heterocycles. The number of methoxy groups -OCH3 is 1. The SMILES string of the molecule is COCc1c(C(=O)OCC(=O)N(C2CC2)[C@@H]2CCS(=O)(=O)C2)oc2ccccc12. The highest BCUT2D eigenvalue weighted by Gasteiger charge is 2.42. The molecule has 1 amide bonds. The number of furan rings is 1. The Labute approximate surface area is 168 Å². The molecule has 1 aromatic heterocycles. The van der Waals surface area contributed by atoms with Crippen LogP contribution in [0.5, 0.6) is 0 Å². The van der Waals surface area contributed by atoms with E-state index in [0.717, 1.165) is 18.2 Å². The van der Waals surface area contributed by atoms with Gasteiger partial charge in [-0.05, 0) is 25.3 Å². The zero-order valence-electron chi connectivity index (χ0n) is 16.1. The summed E-state index contributed by atoms with van der Waals surface area (Å²) >= 11 is 0. The molecule has 29 heavy (non-hydrogen) atoms. The Hall–Kier alpha value is -2.39. The zero-order valence-corrected chi connectivity index (χ0v) is 16.9. The Morgan fingerprint density at radius 2 is 1.93 bits per heavy atom. The summed E-state index contributed by atoms with van der Waals surface area (Å²) in [5, 5.41) is 0.753. The van der Waals surface area contributed by atoms with E-state index in [-0.39, 0.29) is 41.9 Å². The van der Waals surface area contributed by atoms with Crippen molar-refractivity contribution in [1.82, 2.24) is 4.90 Å². The topological polar surface area (TPSA) is 103 Å². The highest BCUT2D eigenvalue weighted by molar-refractivity contribution is 7.91. The molecular weight excluding hydrogens is 398 g/mol. The van der Waals surface area contributed by atoms with Crippen LogP contribution in [0.3, 0.4) is 0 Å². The molecule has 1 saturated heterocycles. The van der Waals surface area contributed by atoms with E-state index in [0.29, 0.717) is 17.6 Å². The van der Waals surface area contributed by atoms with Crippen molar-refractivity contribution in [2.75, 3.05) is 25.2 Å². The zero-order chi connectivity index (χ0) is 20.6. The van der Waals surface area contributed by atoms with Crippen LogP contribution in [-0.2, 0) is 30.7 Å². The number of hydrogen-bond acceptors (Lipinski definition) is 7. The van der Waals surface area contributed by atoms with Crippen LogP contribution >= 0.6 is 0 Å². The van der Waals surface area contributed by atoms with Gasteiger partial charge in [0, 0.05) is 30.1 Å². The highest BCUT2D eigenvalue weighted by Crippen LogP contribution is 2.32. The molecule has 0 N–H and O–H groups in total. The third-order valence-corrected chi connectivity index (χ3v) is 7.08. The number of fused-ring (bicyclic) bond motifs is 1. The first kappa shape index (κ1) is 19.9. The van der Waals surface area contributed by atoms with Crippen LogP contribution < -0.4 is 0 Å². The Morgan fingerprint density at radius 3 is 2.59 bits per heavy atom. The third kappa shape index (κ3) is 4.16. The number of esters is 1. The first-order chi connectivity index (χ1) is 13.9. The molecule has 1 aliphatic carbocycles. The van der Waals surface area contributed by atoms with E-state index in [9.17, 15) is 18.0 Å². The second kappa shape index (κ2) is 7.79. The number of hydrogen-bond donors (Lipinski definition) is 0. The Balaban J connectivity index is 1.47. The number of carbonyl (C=O) groups is 2. The van der Waals surface area contributed by atoms with Crippen molar-refractivity contribution in [1.29, 1.82) is 0 Å². The number of carbonyl (C=O) groups excluding carboxylic acids is 2. The van der Waals surface area contributed by atoms with Crippen molar-refractivity contribution in [2.24, 2.45) is 0 Å². The fraction of sp³-hybridized carbons (Fsp3) is 0.500. The van der Waals surface area contributed by atoms with Gasteiger partial charge in [0.2, 0.25) is 5.76 Å². The summed E-state index contributed by atoms with van der Waals surface area (Å²) in [4.78, 5) is 27.0. The second-order valence-corrected chi connectivity index (χ2v) is 9.73. The van der Waals surface area contributed by atoms with Crippen LogP contribution in [0.2, 0.25) is 0 Å². The van der Waals surface area contributed by atoms with Gasteiger partial charge in [0.05, 0.1) is 18.1 Å². The lowest BCUT2D eigenvalue weighted by Crippen LogP contribution is -2.44. The lowest BCUT2D eigenvalue weighted by atomic mass is 10.1. The maximum absolute atomic E-state index is 12.7. The first-order valence-electron chi connectivity index (χ1n) is 9.57. The largest absolute Gasteiger partial charge is 0.450 e. The van der Waals surface area contributed by atoms with Crippen molar-refractivity contribution in [3.63, 3.8) is 0 Å². The van der Waals surface area contributed by atoms with E-state index < -0.39 is 22.4 Å². The summed E-state index contributed by atoms with van der Waals surface area (Å²) in [6.45, 7) is -0.279. The number of sulfone groups is 1. The van der Waals surface area contributed by atoms with Crippen LogP contribution in [-0.4, -0.2) is 62.5 Å². The monoisotopic (exact) mass is 421 g/mol. The molecule has 1 aromatic carbocycles. The van der Waals surface area contributed by atoms with Gasteiger partial charge in [0.25, 0.3) is 5.91 Å². The number of rotatable bonds is 7. The van der Waals surface area contributed by atoms with Gasteiger partial charge in [0.15, 0.2) is 16.4 Å². The molecule has 0 spiro atoms. The lowest BCUT2D eigenvalue weighted by Gasteiger charge is -2.28. The Morgan fingerprint density at radius 1 is 1.17 bits per heavy atom. The summed E-state index contributed by atoms with van der Waals surface area (Å²) in [7, 11) is -1.59. The molecule has 156 valence electrons. The van der Waals surface area contributed by atoms with Gasteiger partial charge in [-0.15, -0.1) is 0 Å². The summed E-state index contributed by atoms with van der Waals surface area (Å²) < 4.78 is 39.7. The first-order valence-corrected chi connectivity index (χ1v) is 11.4. The normalized spacial score (nSPS) is 20.7. The minimum Gasteiger partial charge on any atom is -0.450 e. The van der Waals surface area contributed by atoms with Crippen molar-refractivity contribution in [2.45, 2.75) is 38.0 Å². The van der Waals surface area contributed by atoms with Gasteiger partial charge >= 0.3 is 5.97 Å². The van der Waals surface area contributed by atoms with Gasteiger partial charge in [-0.1, -0.05) is 18.2 Å². The molecule has 4 rings (SSSR count). The van der Waals surface area contributed by atoms with E-state index in [2.05, 4.69) is 0 Å². The summed E-state index contributed by atoms with van der Waals surface area (Å²) in [5.74, 6) is -1.02. The number of para-hydroxylation sites is 1. The predicted molar refractivity (Wildman–Crippen MR) is 104 cm³/mol. The quantitative estimate of drug-likeness (QED) is 0.629. The van der Waals surface area contributed by atoms with E-state index in [1.807, 2.05) is 12.1 Å². The second-order valence-electron chi connectivity index (χ2n) is 7.50. The van der Waals surface area contributed by atoms with Crippen LogP contribution in [0.25, 0.3) is 11.0 Å². The van der Waals surface area contributed by atoms with E-state index in [4.69, 9.17) is 13.9 Å². The molecule has 2 aliphatic rings. The number of nitrogens with zero attached hydrogens (tertiary/aromatic N) is 1. The van der Waals surface area contributed by atoms with Gasteiger partial charge in [-0.2, -0.15) is 0 Å². The molecule has 8 nitrogen and oxygen atoms in total. The van der Waals surface area contributed by atoms with Gasteiger partial charge < -0.3 is 18.8 Å². The van der Waals surface area contributed by atoms with Crippen LogP contribution in [0.1, 0.15) is 35.4 Å². The molecule has 0 unspecified atom stereocenters. The molecular formula is C20H23NO7S. The maximum Gasteiger partial charge on any atom is 0.375 e. The molecule has 0 radical (unpaired) electrons. The number of benzene rings is 1. The minimum atomic E-state index is -3.11. The van der Waals surface area contributed by atoms with Crippen LogP contribution in [0.4, 0.5) is 0 Å². The van der Waals surface area contributed by atoms with Crippen LogP contribution in [0.15, 0.2) is 28.7 Å². The molecule has 9 heteroatoms. The fourth-order valence-electron chi connectivity index (χ4n) is 3.87. The molecule has 1 saturated carbocycles. The summed E-state index contributed by atoms with van der Waals surface area (Å²) in [6, 6.07) is 6.89. The van der Waals surface area contributed by atoms with Crippen molar-refractivity contribution < 1.29 is 31.9 Å². The highest BCUT2D eigenvalue weighted by atomic mass is 32.2. The summed E-state index contributed by atoms with van der Waals surface area (Å²) in [6.07, 6.45) is 2.12. The summed E-state index contributed by atoms with van der Waals surface area (Å²) in [5.41, 5.74) is 1.11. The van der Waals surface area contributed by atoms with E-state index in [1.165, 1.54) is 7.11 Å². The molecule has 2 heterocycles. The minimum absolute atomic E-state index is 0.0160. The fourth-order valence-corrected chi connectivity index (χ4v) is 5.58. The third-order valence-electron chi connectivity index (χ3n) is 5.33. The molecule has 0 bridgehead atoms. The Kier molecular flexibility index (Phi) is 5.35. The average Bonchev–Trinajstić information content (AvgIpc) is 3.36. The van der Waals surface area contributed by atoms with Crippen molar-refractivity contribution in [3.8, 4) is 0 Å². The average molecular weight is 421 g/mol. The lowest BCUT2D eigenvalue weighted by molar-refractivity contribution is -0.137. The standard InChI is InChI=1S/C20H23NO7S/c1-26-10-16-15-4-2-3-5-17(15)28-19(16)20(23)27-11-18(22)21(13-6-7-13)14-8-9-29(24,25)12-14/h2-5,13-14H,6-12H2,1H3/t14-/m1/s1. The van der Waals surface area contributed by atoms with Crippen molar-refractivity contribution in [3.05, 3.63) is 35.6 Å². The van der Waals surface area contributed by atoms with Gasteiger partial charge in [-0.25, -0.2) is 13.2 Å². The van der Waals surface area contributed by atoms with Crippen molar-refractivity contribution >= 4 is 32.7 Å².